The first-order valence-corrected chi connectivity index (χ1v) is 10.6. The summed E-state index contributed by atoms with van der Waals surface area (Å²) < 4.78 is 4.44. The van der Waals surface area contributed by atoms with Crippen molar-refractivity contribution < 1.29 is 0 Å². The molecular formula is C22H28N6O2. The average Bonchev–Trinajstić information content (AvgIpc) is 3.43. The third kappa shape index (κ3) is 2.89. The lowest BCUT2D eigenvalue weighted by Gasteiger charge is -2.34. The number of rotatable bonds is 5. The topological polar surface area (TPSA) is 99.9 Å². The van der Waals surface area contributed by atoms with Crippen LogP contribution < -0.4 is 22.3 Å². The molecule has 0 saturated heterocycles. The minimum atomic E-state index is -0.383. The van der Waals surface area contributed by atoms with Gasteiger partial charge in [0, 0.05) is 26.2 Å². The van der Waals surface area contributed by atoms with Gasteiger partial charge in [-0.15, -0.1) is 0 Å². The minimum absolute atomic E-state index is 0.241. The van der Waals surface area contributed by atoms with Crippen LogP contribution in [0.3, 0.4) is 0 Å². The van der Waals surface area contributed by atoms with Crippen molar-refractivity contribution in [2.24, 2.45) is 31.7 Å². The third-order valence-corrected chi connectivity index (χ3v) is 7.13. The highest BCUT2D eigenvalue weighted by atomic mass is 16.2. The number of anilines is 1. The highest BCUT2D eigenvalue weighted by Crippen LogP contribution is 2.49. The molecule has 30 heavy (non-hydrogen) atoms. The van der Waals surface area contributed by atoms with Crippen LogP contribution in [0.2, 0.25) is 0 Å². The predicted molar refractivity (Wildman–Crippen MR) is 117 cm³/mol. The Morgan fingerprint density at radius 3 is 2.60 bits per heavy atom. The van der Waals surface area contributed by atoms with Gasteiger partial charge in [0.2, 0.25) is 5.95 Å². The zero-order valence-electron chi connectivity index (χ0n) is 17.5. The third-order valence-electron chi connectivity index (χ3n) is 7.13. The second-order valence-corrected chi connectivity index (χ2v) is 9.05. The summed E-state index contributed by atoms with van der Waals surface area (Å²) in [5, 5.41) is 3.45. The lowest BCUT2D eigenvalue weighted by Crippen LogP contribution is -2.50. The Kier molecular flexibility index (Phi) is 4.36. The largest absolute Gasteiger partial charge is 0.354 e. The number of aryl methyl sites for hydroxylation is 1. The molecule has 0 spiro atoms. The average molecular weight is 409 g/mol. The molecule has 2 aliphatic rings. The highest BCUT2D eigenvalue weighted by molar-refractivity contribution is 5.74. The van der Waals surface area contributed by atoms with Crippen molar-refractivity contribution in [2.75, 3.05) is 11.9 Å². The Hall–Kier alpha value is -2.87. The van der Waals surface area contributed by atoms with Crippen molar-refractivity contribution >= 4 is 17.1 Å². The van der Waals surface area contributed by atoms with Gasteiger partial charge in [0.25, 0.3) is 5.56 Å². The van der Waals surface area contributed by atoms with E-state index in [-0.39, 0.29) is 16.8 Å². The maximum Gasteiger partial charge on any atom is 0.332 e. The predicted octanol–water partition coefficient (Wildman–Crippen LogP) is 1.41. The van der Waals surface area contributed by atoms with Gasteiger partial charge in [0.1, 0.15) is 0 Å². The summed E-state index contributed by atoms with van der Waals surface area (Å²) in [7, 11) is 3.15. The normalized spacial score (nSPS) is 25.3. The fourth-order valence-electron chi connectivity index (χ4n) is 5.45. The molecule has 1 aromatic carbocycles. The van der Waals surface area contributed by atoms with Gasteiger partial charge in [-0.3, -0.25) is 18.5 Å². The van der Waals surface area contributed by atoms with E-state index in [9.17, 15) is 9.59 Å². The number of nitrogens with one attached hydrogen (secondary N) is 1. The lowest BCUT2D eigenvalue weighted by molar-refractivity contribution is 0.285. The number of aromatic nitrogens is 4. The Bertz CT molecular complexity index is 1220. The SMILES string of the molecule is Cn1c(=O)c2c(nc(NCC3(N)CC4CCC3C4)n2Cc2ccccc2)n(C)c1=O. The fraction of sp³-hybridized carbons (Fsp3) is 0.500. The number of hydrogen-bond donors (Lipinski definition) is 2. The van der Waals surface area contributed by atoms with Crippen LogP contribution in [0.5, 0.6) is 0 Å². The molecule has 0 aliphatic heterocycles. The number of hydrogen-bond acceptors (Lipinski definition) is 5. The van der Waals surface area contributed by atoms with Crippen molar-refractivity contribution in [3.05, 3.63) is 56.7 Å². The summed E-state index contributed by atoms with van der Waals surface area (Å²) >= 11 is 0. The number of imidazole rings is 1. The Morgan fingerprint density at radius 1 is 1.17 bits per heavy atom. The van der Waals surface area contributed by atoms with Crippen LogP contribution in [0.15, 0.2) is 39.9 Å². The number of nitrogens with zero attached hydrogens (tertiary/aromatic N) is 4. The molecule has 2 heterocycles. The van der Waals surface area contributed by atoms with Crippen LogP contribution in [0.4, 0.5) is 5.95 Å². The van der Waals surface area contributed by atoms with Gasteiger partial charge in [-0.1, -0.05) is 36.8 Å². The van der Waals surface area contributed by atoms with Crippen LogP contribution in [0.25, 0.3) is 11.2 Å². The van der Waals surface area contributed by atoms with Gasteiger partial charge < -0.3 is 11.1 Å². The quantitative estimate of drug-likeness (QED) is 0.665. The van der Waals surface area contributed by atoms with Crippen LogP contribution >= 0.6 is 0 Å². The van der Waals surface area contributed by atoms with Crippen molar-refractivity contribution in [1.29, 1.82) is 0 Å². The first-order valence-electron chi connectivity index (χ1n) is 10.6. The standard InChI is InChI=1S/C22H28N6O2/c1-26-18-17(19(29)27(2)21(26)30)28(12-14-6-4-3-5-7-14)20(25-18)24-13-22(23)11-15-8-9-16(22)10-15/h3-7,15-16H,8-13,23H2,1-2H3,(H,24,25). The Morgan fingerprint density at radius 2 is 1.93 bits per heavy atom. The van der Waals surface area contributed by atoms with Crippen molar-refractivity contribution in [1.82, 2.24) is 18.7 Å². The van der Waals surface area contributed by atoms with Gasteiger partial charge in [-0.2, -0.15) is 4.98 Å². The molecule has 2 fully saturated rings. The molecule has 8 heteroatoms. The second kappa shape index (κ2) is 6.84. The molecule has 5 rings (SSSR count). The highest BCUT2D eigenvalue weighted by Gasteiger charge is 2.48. The molecule has 8 nitrogen and oxygen atoms in total. The molecule has 3 aromatic rings. The fourth-order valence-corrected chi connectivity index (χ4v) is 5.45. The molecule has 3 atom stereocenters. The molecule has 0 amide bonds. The summed E-state index contributed by atoms with van der Waals surface area (Å²) in [6.07, 6.45) is 4.73. The van der Waals surface area contributed by atoms with E-state index < -0.39 is 0 Å². The molecule has 3 N–H and O–H groups in total. The summed E-state index contributed by atoms with van der Waals surface area (Å²) in [5.74, 6) is 1.86. The van der Waals surface area contributed by atoms with Gasteiger partial charge in [0.05, 0.1) is 6.54 Å². The van der Waals surface area contributed by atoms with Gasteiger partial charge in [-0.25, -0.2) is 4.79 Å². The second-order valence-electron chi connectivity index (χ2n) is 9.05. The molecular weight excluding hydrogens is 380 g/mol. The summed E-state index contributed by atoms with van der Waals surface area (Å²) in [4.78, 5) is 30.1. The van der Waals surface area contributed by atoms with Crippen LogP contribution in [0.1, 0.15) is 31.2 Å². The molecule has 0 radical (unpaired) electrons. The molecule has 158 valence electrons. The van der Waals surface area contributed by atoms with Gasteiger partial charge in [0.15, 0.2) is 11.2 Å². The van der Waals surface area contributed by atoms with Crippen molar-refractivity contribution in [3.8, 4) is 0 Å². The zero-order valence-corrected chi connectivity index (χ0v) is 17.5. The maximum absolute atomic E-state index is 13.0. The van der Waals surface area contributed by atoms with E-state index in [1.807, 2.05) is 34.9 Å². The van der Waals surface area contributed by atoms with Gasteiger partial charge >= 0.3 is 5.69 Å². The van der Waals surface area contributed by atoms with E-state index in [1.165, 1.54) is 30.9 Å². The van der Waals surface area contributed by atoms with Crippen LogP contribution in [-0.2, 0) is 20.6 Å². The van der Waals surface area contributed by atoms with E-state index in [0.717, 1.165) is 22.5 Å². The van der Waals surface area contributed by atoms with E-state index in [0.29, 0.717) is 36.1 Å². The smallest absolute Gasteiger partial charge is 0.332 e. The van der Waals surface area contributed by atoms with E-state index in [2.05, 4.69) is 10.3 Å². The first-order chi connectivity index (χ1) is 14.4. The maximum atomic E-state index is 13.0. The molecule has 3 unspecified atom stereocenters. The summed E-state index contributed by atoms with van der Waals surface area (Å²) in [5.41, 5.74) is 7.68. The minimum Gasteiger partial charge on any atom is -0.354 e. The van der Waals surface area contributed by atoms with E-state index >= 15 is 0 Å². The Balaban J connectivity index is 1.59. The monoisotopic (exact) mass is 408 g/mol. The number of benzene rings is 1. The Labute approximate surface area is 174 Å². The lowest BCUT2D eigenvalue weighted by atomic mass is 9.82. The summed E-state index contributed by atoms with van der Waals surface area (Å²) in [6, 6.07) is 9.94. The molecule has 2 saturated carbocycles. The summed E-state index contributed by atoms with van der Waals surface area (Å²) in [6.45, 7) is 1.09. The van der Waals surface area contributed by atoms with Crippen molar-refractivity contribution in [2.45, 2.75) is 37.8 Å². The molecule has 2 aliphatic carbocycles. The van der Waals surface area contributed by atoms with Gasteiger partial charge in [-0.05, 0) is 36.7 Å². The zero-order chi connectivity index (χ0) is 21.0. The van der Waals surface area contributed by atoms with Crippen molar-refractivity contribution in [3.63, 3.8) is 0 Å². The van der Waals surface area contributed by atoms with Crippen LogP contribution in [0, 0.1) is 11.8 Å². The molecule has 2 aromatic heterocycles. The van der Waals surface area contributed by atoms with E-state index in [1.54, 1.807) is 7.05 Å². The number of nitrogens with two attached hydrogens (primary N) is 1. The first kappa shape index (κ1) is 19.1. The number of fused-ring (bicyclic) bond motifs is 3. The van der Waals surface area contributed by atoms with Crippen LogP contribution in [-0.4, -0.2) is 30.8 Å². The van der Waals surface area contributed by atoms with E-state index in [4.69, 9.17) is 5.73 Å². The molecule has 2 bridgehead atoms.